The smallest absolute Gasteiger partial charge is 0.342 e. The Morgan fingerprint density at radius 2 is 1.90 bits per heavy atom. The number of aryl methyl sites for hydroxylation is 1. The lowest BCUT2D eigenvalue weighted by Crippen LogP contribution is -2.30. The third kappa shape index (κ3) is 3.67. The Bertz CT molecular complexity index is 1230. The highest BCUT2D eigenvalue weighted by atomic mass is 35.5. The maximum absolute atomic E-state index is 15.2. The van der Waals surface area contributed by atoms with E-state index >= 15 is 4.39 Å². The number of carbonyl (C=O) groups is 1. The zero-order chi connectivity index (χ0) is 21.7. The molecule has 2 fully saturated rings. The van der Waals surface area contributed by atoms with Crippen LogP contribution in [0.4, 0.5) is 4.39 Å². The summed E-state index contributed by atoms with van der Waals surface area (Å²) in [6.45, 7) is 3.04. The standard InChI is InChI=1S/C23H22ClFN4O2/c1-13-10-15(4-6-18(13)24)16-5-7-20(19(25)11-16)29-21(26-27-23(29)31)17-8-9-28(12-17)22(30)14-2-3-14/h4-7,10-11,14,17H,2-3,8-9,12H2,1H3,(H,27,31). The molecule has 1 aromatic heterocycles. The molecule has 2 aromatic carbocycles. The first-order valence-corrected chi connectivity index (χ1v) is 10.8. The Morgan fingerprint density at radius 1 is 1.16 bits per heavy atom. The fourth-order valence-electron chi connectivity index (χ4n) is 4.27. The average Bonchev–Trinajstić information content (AvgIpc) is 3.37. The average molecular weight is 441 g/mol. The third-order valence-corrected chi connectivity index (χ3v) is 6.59. The molecule has 6 nitrogen and oxygen atoms in total. The first kappa shape index (κ1) is 20.0. The van der Waals surface area contributed by atoms with Crippen molar-refractivity contribution in [1.29, 1.82) is 0 Å². The minimum atomic E-state index is -0.515. The van der Waals surface area contributed by atoms with Gasteiger partial charge in [0.2, 0.25) is 5.91 Å². The Kier molecular flexibility index (Phi) is 4.93. The van der Waals surface area contributed by atoms with E-state index in [1.54, 1.807) is 18.2 Å². The monoisotopic (exact) mass is 440 g/mol. The highest BCUT2D eigenvalue weighted by molar-refractivity contribution is 6.31. The highest BCUT2D eigenvalue weighted by Crippen LogP contribution is 2.35. The van der Waals surface area contributed by atoms with Gasteiger partial charge in [-0.15, -0.1) is 0 Å². The largest absolute Gasteiger partial charge is 0.348 e. The van der Waals surface area contributed by atoms with Crippen molar-refractivity contribution in [3.8, 4) is 16.8 Å². The number of benzene rings is 2. The third-order valence-electron chi connectivity index (χ3n) is 6.17. The first-order chi connectivity index (χ1) is 14.9. The maximum atomic E-state index is 15.2. The number of likely N-dealkylation sites (tertiary alicyclic amines) is 1. The number of nitrogens with zero attached hydrogens (tertiary/aromatic N) is 3. The van der Waals surface area contributed by atoms with Crippen molar-refractivity contribution in [1.82, 2.24) is 19.7 Å². The zero-order valence-corrected chi connectivity index (χ0v) is 17.8. The van der Waals surface area contributed by atoms with Gasteiger partial charge in [0.05, 0.1) is 5.69 Å². The number of carbonyl (C=O) groups excluding carboxylic acids is 1. The quantitative estimate of drug-likeness (QED) is 0.665. The molecule has 160 valence electrons. The van der Waals surface area contributed by atoms with Crippen LogP contribution in [-0.4, -0.2) is 38.7 Å². The molecule has 3 aromatic rings. The topological polar surface area (TPSA) is 71.0 Å². The Balaban J connectivity index is 1.46. The van der Waals surface area contributed by atoms with E-state index in [0.29, 0.717) is 35.9 Å². The predicted molar refractivity (Wildman–Crippen MR) is 116 cm³/mol. The van der Waals surface area contributed by atoms with Gasteiger partial charge >= 0.3 is 5.69 Å². The number of halogens is 2. The first-order valence-electron chi connectivity index (χ1n) is 10.4. The van der Waals surface area contributed by atoms with Gasteiger partial charge in [-0.3, -0.25) is 4.79 Å². The number of aromatic nitrogens is 3. The molecule has 0 bridgehead atoms. The number of rotatable bonds is 4. The summed E-state index contributed by atoms with van der Waals surface area (Å²) in [6, 6.07) is 10.3. The number of aromatic amines is 1. The Morgan fingerprint density at radius 3 is 2.61 bits per heavy atom. The van der Waals surface area contributed by atoms with E-state index in [0.717, 1.165) is 24.0 Å². The predicted octanol–water partition coefficient (Wildman–Crippen LogP) is 4.05. The molecular weight excluding hydrogens is 419 g/mol. The van der Waals surface area contributed by atoms with Crippen LogP contribution in [0.3, 0.4) is 0 Å². The molecule has 5 rings (SSSR count). The molecule has 1 saturated carbocycles. The van der Waals surface area contributed by atoms with E-state index in [1.165, 1.54) is 10.6 Å². The minimum absolute atomic E-state index is 0.111. The van der Waals surface area contributed by atoms with Crippen molar-refractivity contribution >= 4 is 17.5 Å². The fraction of sp³-hybridized carbons (Fsp3) is 0.348. The molecule has 8 heteroatoms. The van der Waals surface area contributed by atoms with Gasteiger partial charge in [0.15, 0.2) is 0 Å². The SMILES string of the molecule is Cc1cc(-c2ccc(-n3c(C4CCN(C(=O)C5CC5)C4)n[nH]c3=O)c(F)c2)ccc1Cl. The second-order valence-electron chi connectivity index (χ2n) is 8.40. The van der Waals surface area contributed by atoms with Crippen molar-refractivity contribution in [2.75, 3.05) is 13.1 Å². The molecule has 31 heavy (non-hydrogen) atoms. The molecule has 0 spiro atoms. The number of hydrogen-bond donors (Lipinski definition) is 1. The van der Waals surface area contributed by atoms with E-state index < -0.39 is 11.5 Å². The van der Waals surface area contributed by atoms with Gasteiger partial charge in [-0.25, -0.2) is 18.9 Å². The van der Waals surface area contributed by atoms with Crippen molar-refractivity contribution in [2.24, 2.45) is 5.92 Å². The Hall–Kier alpha value is -2.93. The molecule has 1 saturated heterocycles. The van der Waals surface area contributed by atoms with Gasteiger partial charge < -0.3 is 4.90 Å². The van der Waals surface area contributed by atoms with E-state index in [9.17, 15) is 9.59 Å². The van der Waals surface area contributed by atoms with Gasteiger partial charge in [-0.1, -0.05) is 23.7 Å². The summed E-state index contributed by atoms with van der Waals surface area (Å²) < 4.78 is 16.4. The van der Waals surface area contributed by atoms with Gasteiger partial charge in [0.1, 0.15) is 11.6 Å². The molecule has 1 unspecified atom stereocenters. The number of amides is 1. The van der Waals surface area contributed by atoms with Crippen LogP contribution in [0.1, 0.15) is 36.6 Å². The lowest BCUT2D eigenvalue weighted by molar-refractivity contribution is -0.131. The second kappa shape index (κ2) is 7.64. The molecule has 0 radical (unpaired) electrons. The van der Waals surface area contributed by atoms with Gasteiger partial charge in [-0.2, -0.15) is 5.10 Å². The summed E-state index contributed by atoms with van der Waals surface area (Å²) in [6.07, 6.45) is 2.61. The molecule has 1 amide bonds. The van der Waals surface area contributed by atoms with E-state index in [1.807, 2.05) is 24.0 Å². The van der Waals surface area contributed by atoms with Crippen molar-refractivity contribution in [2.45, 2.75) is 32.1 Å². The van der Waals surface area contributed by atoms with Crippen LogP contribution < -0.4 is 5.69 Å². The highest BCUT2D eigenvalue weighted by Gasteiger charge is 2.38. The van der Waals surface area contributed by atoms with Gasteiger partial charge in [0, 0.05) is 29.9 Å². The van der Waals surface area contributed by atoms with Crippen molar-refractivity contribution in [3.63, 3.8) is 0 Å². The summed E-state index contributed by atoms with van der Waals surface area (Å²) in [7, 11) is 0. The van der Waals surface area contributed by atoms with Gasteiger partial charge in [0.25, 0.3) is 0 Å². The summed E-state index contributed by atoms with van der Waals surface area (Å²) >= 11 is 6.09. The molecule has 2 aliphatic rings. The number of H-pyrrole nitrogens is 1. The molecule has 1 atom stereocenters. The lowest BCUT2D eigenvalue weighted by Gasteiger charge is -2.16. The fourth-order valence-corrected chi connectivity index (χ4v) is 4.39. The molecule has 1 aliphatic heterocycles. The molecule has 1 aliphatic carbocycles. The van der Waals surface area contributed by atoms with Crippen molar-refractivity contribution < 1.29 is 9.18 Å². The van der Waals surface area contributed by atoms with E-state index in [2.05, 4.69) is 10.2 Å². The normalized spacial score (nSPS) is 18.5. The van der Waals surface area contributed by atoms with Crippen LogP contribution in [0.15, 0.2) is 41.2 Å². The van der Waals surface area contributed by atoms with Crippen LogP contribution in [0.5, 0.6) is 0 Å². The van der Waals surface area contributed by atoms with Crippen LogP contribution in [-0.2, 0) is 4.79 Å². The number of hydrogen-bond acceptors (Lipinski definition) is 3. The maximum Gasteiger partial charge on any atom is 0.348 e. The Labute approximate surface area is 183 Å². The van der Waals surface area contributed by atoms with Crippen LogP contribution in [0, 0.1) is 18.7 Å². The molecule has 2 heterocycles. The molecule has 1 N–H and O–H groups in total. The summed E-state index contributed by atoms with van der Waals surface area (Å²) in [5, 5.41) is 7.28. The summed E-state index contributed by atoms with van der Waals surface area (Å²) in [4.78, 5) is 26.7. The van der Waals surface area contributed by atoms with Crippen LogP contribution in [0.2, 0.25) is 5.02 Å². The number of nitrogens with one attached hydrogen (secondary N) is 1. The van der Waals surface area contributed by atoms with Crippen LogP contribution in [0.25, 0.3) is 16.8 Å². The minimum Gasteiger partial charge on any atom is -0.342 e. The lowest BCUT2D eigenvalue weighted by atomic mass is 10.0. The van der Waals surface area contributed by atoms with E-state index in [4.69, 9.17) is 11.6 Å². The van der Waals surface area contributed by atoms with E-state index in [-0.39, 0.29) is 23.4 Å². The van der Waals surface area contributed by atoms with Gasteiger partial charge in [-0.05, 0) is 67.1 Å². The van der Waals surface area contributed by atoms with Crippen molar-refractivity contribution in [3.05, 3.63) is 69.1 Å². The second-order valence-corrected chi connectivity index (χ2v) is 8.80. The summed E-state index contributed by atoms with van der Waals surface area (Å²) in [5.41, 5.74) is 2.10. The van der Waals surface area contributed by atoms with Crippen LogP contribution >= 0.6 is 11.6 Å². The summed E-state index contributed by atoms with van der Waals surface area (Å²) in [5.74, 6) is 0.172. The molecular formula is C23H22ClFN4O2. The zero-order valence-electron chi connectivity index (χ0n) is 17.1.